The highest BCUT2D eigenvalue weighted by molar-refractivity contribution is 6.30. The molecule has 0 spiro atoms. The van der Waals surface area contributed by atoms with Crippen LogP contribution >= 0.6 is 11.6 Å². The molecule has 0 saturated carbocycles. The van der Waals surface area contributed by atoms with E-state index in [9.17, 15) is 8.78 Å². The van der Waals surface area contributed by atoms with E-state index in [1.54, 1.807) is 6.07 Å². The molecule has 102 valence electrons. The third-order valence-electron chi connectivity index (χ3n) is 3.05. The second-order valence-corrected chi connectivity index (χ2v) is 4.64. The number of nitrogens with one attached hydrogen (secondary N) is 1. The minimum absolute atomic E-state index is 0.172. The van der Waals surface area contributed by atoms with Crippen molar-refractivity contribution in [2.75, 3.05) is 5.32 Å². The molecule has 20 heavy (non-hydrogen) atoms. The molecule has 3 rings (SSSR count). The molecule has 0 amide bonds. The van der Waals surface area contributed by atoms with Gasteiger partial charge in [0.15, 0.2) is 5.22 Å². The number of hydrogen-bond acceptors (Lipinski definition) is 2. The zero-order chi connectivity index (χ0) is 14.1. The van der Waals surface area contributed by atoms with Crippen LogP contribution in [0.15, 0.2) is 46.9 Å². The molecule has 2 nitrogen and oxygen atoms in total. The smallest absolute Gasteiger partial charge is 0.199 e. The highest BCUT2D eigenvalue weighted by Crippen LogP contribution is 2.30. The molecule has 0 aliphatic rings. The number of fused-ring (bicyclic) bond motifs is 1. The summed E-state index contributed by atoms with van der Waals surface area (Å²) in [6.45, 7) is 0.174. The van der Waals surface area contributed by atoms with Gasteiger partial charge in [0.2, 0.25) is 0 Å². The van der Waals surface area contributed by atoms with Gasteiger partial charge in [-0.3, -0.25) is 0 Å². The first-order valence-electron chi connectivity index (χ1n) is 6.00. The van der Waals surface area contributed by atoms with Crippen LogP contribution in [0.5, 0.6) is 0 Å². The van der Waals surface area contributed by atoms with Crippen LogP contribution in [0.2, 0.25) is 5.22 Å². The largest absolute Gasteiger partial charge is 0.444 e. The van der Waals surface area contributed by atoms with Gasteiger partial charge >= 0.3 is 0 Å². The predicted molar refractivity (Wildman–Crippen MR) is 74.9 cm³/mol. The van der Waals surface area contributed by atoms with Crippen molar-refractivity contribution in [3.8, 4) is 0 Å². The Morgan fingerprint density at radius 3 is 2.45 bits per heavy atom. The van der Waals surface area contributed by atoms with E-state index >= 15 is 0 Å². The van der Waals surface area contributed by atoms with Crippen LogP contribution in [0.25, 0.3) is 11.0 Å². The van der Waals surface area contributed by atoms with Gasteiger partial charge in [0.25, 0.3) is 0 Å². The predicted octanol–water partition coefficient (Wildman–Crippen LogP) is 4.98. The van der Waals surface area contributed by atoms with E-state index in [-0.39, 0.29) is 17.5 Å². The molecule has 0 bridgehead atoms. The van der Waals surface area contributed by atoms with Crippen LogP contribution in [-0.4, -0.2) is 0 Å². The number of para-hydroxylation sites is 2. The first kappa shape index (κ1) is 12.9. The summed E-state index contributed by atoms with van der Waals surface area (Å²) in [7, 11) is 0. The molecule has 1 N–H and O–H groups in total. The average Bonchev–Trinajstić information content (AvgIpc) is 2.74. The minimum Gasteiger partial charge on any atom is -0.444 e. The van der Waals surface area contributed by atoms with Crippen molar-refractivity contribution in [2.45, 2.75) is 6.54 Å². The van der Waals surface area contributed by atoms with Crippen molar-refractivity contribution >= 4 is 28.3 Å². The van der Waals surface area contributed by atoms with Gasteiger partial charge in [0, 0.05) is 17.5 Å². The molecule has 3 aromatic rings. The summed E-state index contributed by atoms with van der Waals surface area (Å²) in [6.07, 6.45) is 0. The molecule has 1 heterocycles. The first-order valence-corrected chi connectivity index (χ1v) is 6.38. The fourth-order valence-corrected chi connectivity index (χ4v) is 2.33. The van der Waals surface area contributed by atoms with Gasteiger partial charge in [-0.15, -0.1) is 0 Å². The second kappa shape index (κ2) is 5.13. The maximum absolute atomic E-state index is 13.5. The van der Waals surface area contributed by atoms with Crippen LogP contribution in [0.1, 0.15) is 5.56 Å². The lowest BCUT2D eigenvalue weighted by Crippen LogP contribution is -2.03. The molecule has 2 aromatic carbocycles. The van der Waals surface area contributed by atoms with Crippen LogP contribution in [0, 0.1) is 11.6 Å². The van der Waals surface area contributed by atoms with Crippen molar-refractivity contribution in [3.05, 3.63) is 64.9 Å². The Kier molecular flexibility index (Phi) is 3.32. The van der Waals surface area contributed by atoms with E-state index in [0.717, 1.165) is 5.39 Å². The summed E-state index contributed by atoms with van der Waals surface area (Å²) in [6, 6.07) is 11.0. The molecule has 0 radical (unpaired) electrons. The van der Waals surface area contributed by atoms with Gasteiger partial charge in [0.05, 0.1) is 0 Å². The van der Waals surface area contributed by atoms with E-state index < -0.39 is 11.6 Å². The number of benzene rings is 2. The molecule has 5 heteroatoms. The Labute approximate surface area is 119 Å². The van der Waals surface area contributed by atoms with Crippen molar-refractivity contribution in [3.63, 3.8) is 0 Å². The quantitative estimate of drug-likeness (QED) is 0.737. The Morgan fingerprint density at radius 2 is 1.70 bits per heavy atom. The Morgan fingerprint density at radius 1 is 1.00 bits per heavy atom. The molecular formula is C15H10ClF2NO. The van der Waals surface area contributed by atoms with Crippen LogP contribution in [-0.2, 0) is 6.54 Å². The monoisotopic (exact) mass is 293 g/mol. The summed E-state index contributed by atoms with van der Waals surface area (Å²) >= 11 is 6.02. The summed E-state index contributed by atoms with van der Waals surface area (Å²) in [5.41, 5.74) is 1.14. The molecule has 1 aromatic heterocycles. The molecule has 0 saturated heterocycles. The average molecular weight is 294 g/mol. The van der Waals surface area contributed by atoms with Gasteiger partial charge in [-0.05, 0) is 29.8 Å². The molecule has 0 fully saturated rings. The molecule has 0 aliphatic carbocycles. The summed E-state index contributed by atoms with van der Waals surface area (Å²) < 4.78 is 32.5. The Balaban J connectivity index is 1.93. The van der Waals surface area contributed by atoms with Crippen molar-refractivity contribution in [2.24, 2.45) is 0 Å². The van der Waals surface area contributed by atoms with Crippen molar-refractivity contribution in [1.29, 1.82) is 0 Å². The van der Waals surface area contributed by atoms with E-state index in [0.29, 0.717) is 11.1 Å². The van der Waals surface area contributed by atoms with E-state index in [1.807, 2.05) is 18.2 Å². The van der Waals surface area contributed by atoms with Crippen LogP contribution < -0.4 is 5.32 Å². The highest BCUT2D eigenvalue weighted by Gasteiger charge is 2.14. The van der Waals surface area contributed by atoms with E-state index in [4.69, 9.17) is 16.0 Å². The molecule has 0 aliphatic heterocycles. The van der Waals surface area contributed by atoms with E-state index in [1.165, 1.54) is 18.2 Å². The van der Waals surface area contributed by atoms with Crippen molar-refractivity contribution in [1.82, 2.24) is 0 Å². The van der Waals surface area contributed by atoms with Gasteiger partial charge in [0.1, 0.15) is 22.9 Å². The SMILES string of the molecule is Fc1cccc(F)c1NCc1c(Cl)oc2ccccc12. The minimum atomic E-state index is -0.645. The summed E-state index contributed by atoms with van der Waals surface area (Å²) in [5, 5.41) is 3.76. The maximum atomic E-state index is 13.5. The van der Waals surface area contributed by atoms with E-state index in [2.05, 4.69) is 5.32 Å². The number of anilines is 1. The van der Waals surface area contributed by atoms with Gasteiger partial charge in [-0.2, -0.15) is 0 Å². The maximum Gasteiger partial charge on any atom is 0.199 e. The number of rotatable bonds is 3. The highest BCUT2D eigenvalue weighted by atomic mass is 35.5. The number of hydrogen-bond donors (Lipinski definition) is 1. The molecular weight excluding hydrogens is 284 g/mol. The van der Waals surface area contributed by atoms with Crippen molar-refractivity contribution < 1.29 is 13.2 Å². The van der Waals surface area contributed by atoms with Crippen LogP contribution in [0.3, 0.4) is 0 Å². The zero-order valence-electron chi connectivity index (χ0n) is 10.3. The lowest BCUT2D eigenvalue weighted by atomic mass is 10.1. The van der Waals surface area contributed by atoms with Crippen LogP contribution in [0.4, 0.5) is 14.5 Å². The van der Waals surface area contributed by atoms with Gasteiger partial charge in [-0.25, -0.2) is 8.78 Å². The fourth-order valence-electron chi connectivity index (χ4n) is 2.08. The first-order chi connectivity index (χ1) is 9.66. The summed E-state index contributed by atoms with van der Waals surface area (Å²) in [5.74, 6) is -1.29. The lowest BCUT2D eigenvalue weighted by molar-refractivity contribution is 0.587. The standard InChI is InChI=1S/C15H10ClF2NO/c16-15-10(9-4-1-2-7-13(9)20-15)8-19-14-11(17)5-3-6-12(14)18/h1-7,19H,8H2. The topological polar surface area (TPSA) is 25.2 Å². The summed E-state index contributed by atoms with van der Waals surface area (Å²) in [4.78, 5) is 0. The third-order valence-corrected chi connectivity index (χ3v) is 3.36. The van der Waals surface area contributed by atoms with Gasteiger partial charge in [-0.1, -0.05) is 24.3 Å². The fraction of sp³-hybridized carbons (Fsp3) is 0.0667. The third kappa shape index (κ3) is 2.23. The lowest BCUT2D eigenvalue weighted by Gasteiger charge is -2.07. The molecule has 0 atom stereocenters. The number of halogens is 3. The molecule has 0 unspecified atom stereocenters. The van der Waals surface area contributed by atoms with Gasteiger partial charge < -0.3 is 9.73 Å². The number of furan rings is 1. The normalized spacial score (nSPS) is 10.9. The Bertz CT molecular complexity index is 749. The Hall–Kier alpha value is -2.07. The second-order valence-electron chi connectivity index (χ2n) is 4.30. The zero-order valence-corrected chi connectivity index (χ0v) is 11.0.